The first-order valence-corrected chi connectivity index (χ1v) is 11.4. The van der Waals surface area contributed by atoms with Crippen molar-refractivity contribution in [3.05, 3.63) is 92.9 Å². The van der Waals surface area contributed by atoms with Crippen molar-refractivity contribution < 1.29 is 18.0 Å². The van der Waals surface area contributed by atoms with Crippen LogP contribution in [-0.4, -0.2) is 37.6 Å². The monoisotopic (exact) mass is 517 g/mol. The van der Waals surface area contributed by atoms with Gasteiger partial charge in [-0.3, -0.25) is 9.59 Å². The SMILES string of the molecule is CN1C(=O)C(S(=O)(=O)c2ccccc2)=C(c2ccccc2)C12C=CC(=O)C=C2I. The van der Waals surface area contributed by atoms with E-state index in [0.29, 0.717) is 14.7 Å². The van der Waals surface area contributed by atoms with Crippen molar-refractivity contribution in [1.82, 2.24) is 4.90 Å². The molecule has 0 radical (unpaired) electrons. The van der Waals surface area contributed by atoms with Crippen LogP contribution >= 0.6 is 22.6 Å². The maximum Gasteiger partial charge on any atom is 0.267 e. The van der Waals surface area contributed by atoms with Crippen LogP contribution in [0.5, 0.6) is 0 Å². The van der Waals surface area contributed by atoms with Gasteiger partial charge in [-0.15, -0.1) is 0 Å². The van der Waals surface area contributed by atoms with Gasteiger partial charge in [0.2, 0.25) is 9.84 Å². The molecular formula is C22H16INO4S. The van der Waals surface area contributed by atoms with Gasteiger partial charge in [-0.2, -0.15) is 0 Å². The lowest BCUT2D eigenvalue weighted by Gasteiger charge is -2.37. The van der Waals surface area contributed by atoms with E-state index in [0.717, 1.165) is 0 Å². The first-order valence-electron chi connectivity index (χ1n) is 8.79. The smallest absolute Gasteiger partial charge is 0.267 e. The van der Waals surface area contributed by atoms with Crippen LogP contribution in [0.1, 0.15) is 5.56 Å². The molecule has 1 unspecified atom stereocenters. The maximum absolute atomic E-state index is 13.6. The lowest BCUT2D eigenvalue weighted by Crippen LogP contribution is -2.45. The van der Waals surface area contributed by atoms with Crippen LogP contribution in [0, 0.1) is 0 Å². The highest BCUT2D eigenvalue weighted by molar-refractivity contribution is 14.1. The number of rotatable bonds is 3. The van der Waals surface area contributed by atoms with E-state index in [1.807, 2.05) is 28.7 Å². The summed E-state index contributed by atoms with van der Waals surface area (Å²) in [5.41, 5.74) is -0.176. The second-order valence-corrected chi connectivity index (χ2v) is 9.79. The molecule has 1 aliphatic heterocycles. The van der Waals surface area contributed by atoms with E-state index in [2.05, 4.69) is 0 Å². The maximum atomic E-state index is 13.6. The van der Waals surface area contributed by atoms with E-state index in [1.54, 1.807) is 55.6 Å². The van der Waals surface area contributed by atoms with Crippen molar-refractivity contribution in [1.29, 1.82) is 0 Å². The molecule has 5 nitrogen and oxygen atoms in total. The number of allylic oxidation sites excluding steroid dienone is 2. The van der Waals surface area contributed by atoms with Gasteiger partial charge < -0.3 is 4.90 Å². The zero-order valence-corrected chi connectivity index (χ0v) is 18.3. The predicted molar refractivity (Wildman–Crippen MR) is 119 cm³/mol. The molecular weight excluding hydrogens is 501 g/mol. The summed E-state index contributed by atoms with van der Waals surface area (Å²) in [6.45, 7) is 0. The fourth-order valence-electron chi connectivity index (χ4n) is 3.72. The number of carbonyl (C=O) groups is 2. The zero-order valence-electron chi connectivity index (χ0n) is 15.4. The highest BCUT2D eigenvalue weighted by Crippen LogP contribution is 2.51. The molecule has 1 heterocycles. The standard InChI is InChI=1S/C22H16INO4S/c1-24-21(26)20(29(27,28)17-10-6-3-7-11-17)19(15-8-4-2-5-9-15)22(24)13-12-16(25)14-18(22)23/h2-14H,1H3. The van der Waals surface area contributed by atoms with Crippen LogP contribution < -0.4 is 0 Å². The molecule has 0 fully saturated rings. The Hall–Kier alpha value is -2.52. The minimum absolute atomic E-state index is 0.0529. The largest absolute Gasteiger partial charge is 0.323 e. The van der Waals surface area contributed by atoms with E-state index >= 15 is 0 Å². The van der Waals surface area contributed by atoms with E-state index in [1.165, 1.54) is 29.2 Å². The molecule has 146 valence electrons. The quantitative estimate of drug-likeness (QED) is 0.585. The summed E-state index contributed by atoms with van der Waals surface area (Å²) in [6.07, 6.45) is 4.43. The second kappa shape index (κ2) is 7.07. The van der Waals surface area contributed by atoms with Crippen LogP contribution in [-0.2, 0) is 19.4 Å². The summed E-state index contributed by atoms with van der Waals surface area (Å²) >= 11 is 2.01. The van der Waals surface area contributed by atoms with Crippen LogP contribution in [0.2, 0.25) is 0 Å². The summed E-state index contributed by atoms with van der Waals surface area (Å²) in [5.74, 6) is -0.804. The van der Waals surface area contributed by atoms with Gasteiger partial charge in [-0.25, -0.2) is 8.42 Å². The minimum atomic E-state index is -4.09. The highest BCUT2D eigenvalue weighted by atomic mass is 127. The van der Waals surface area contributed by atoms with Crippen LogP contribution in [0.4, 0.5) is 0 Å². The molecule has 0 N–H and O–H groups in total. The Bertz CT molecular complexity index is 1210. The van der Waals surface area contributed by atoms with E-state index in [4.69, 9.17) is 0 Å². The number of sulfone groups is 1. The average Bonchev–Trinajstić information content (AvgIpc) is 2.95. The highest BCUT2D eigenvalue weighted by Gasteiger charge is 2.55. The Labute approximate surface area is 182 Å². The molecule has 2 aromatic carbocycles. The van der Waals surface area contributed by atoms with E-state index < -0.39 is 21.3 Å². The van der Waals surface area contributed by atoms with Gasteiger partial charge >= 0.3 is 0 Å². The van der Waals surface area contributed by atoms with Crippen molar-refractivity contribution in [2.75, 3.05) is 7.05 Å². The molecule has 1 atom stereocenters. The number of carbonyl (C=O) groups excluding carboxylic acids is 2. The molecule has 0 aromatic heterocycles. The first kappa shape index (κ1) is 19.8. The number of ketones is 1. The molecule has 7 heteroatoms. The molecule has 29 heavy (non-hydrogen) atoms. The molecule has 2 aromatic rings. The van der Waals surface area contributed by atoms with E-state index in [9.17, 15) is 18.0 Å². The van der Waals surface area contributed by atoms with Gasteiger partial charge in [0.15, 0.2) is 5.78 Å². The molecule has 1 aliphatic carbocycles. The average molecular weight is 517 g/mol. The van der Waals surface area contributed by atoms with Gasteiger partial charge in [0.05, 0.1) is 4.90 Å². The third-order valence-electron chi connectivity index (χ3n) is 5.14. The first-order chi connectivity index (χ1) is 13.8. The molecule has 2 aliphatic rings. The van der Waals surface area contributed by atoms with Gasteiger partial charge in [0.25, 0.3) is 5.91 Å². The number of benzene rings is 2. The Morgan fingerprint density at radius 3 is 2.10 bits per heavy atom. The van der Waals surface area contributed by atoms with Gasteiger partial charge in [0, 0.05) is 16.2 Å². The Balaban J connectivity index is 2.11. The van der Waals surface area contributed by atoms with E-state index in [-0.39, 0.29) is 15.6 Å². The summed E-state index contributed by atoms with van der Waals surface area (Å²) in [5, 5.41) is 0. The third-order valence-corrected chi connectivity index (χ3v) is 8.09. The molecule has 0 saturated heterocycles. The Kier molecular flexibility index (Phi) is 4.82. The zero-order chi connectivity index (χ0) is 20.8. The number of hydrogen-bond acceptors (Lipinski definition) is 4. The van der Waals surface area contributed by atoms with Crippen molar-refractivity contribution in [3.8, 4) is 0 Å². The van der Waals surface area contributed by atoms with Gasteiger partial charge in [-0.05, 0) is 58.5 Å². The van der Waals surface area contributed by atoms with Crippen molar-refractivity contribution in [2.45, 2.75) is 10.4 Å². The molecule has 0 saturated carbocycles. The van der Waals surface area contributed by atoms with Gasteiger partial charge in [-0.1, -0.05) is 48.5 Å². The lowest BCUT2D eigenvalue weighted by molar-refractivity contribution is -0.125. The fraction of sp³-hybridized carbons (Fsp3) is 0.0909. The summed E-state index contributed by atoms with van der Waals surface area (Å²) in [7, 11) is -2.53. The van der Waals surface area contributed by atoms with Crippen molar-refractivity contribution in [2.24, 2.45) is 0 Å². The number of nitrogens with zero attached hydrogens (tertiary/aromatic N) is 1. The van der Waals surface area contributed by atoms with Crippen molar-refractivity contribution in [3.63, 3.8) is 0 Å². The number of likely N-dealkylation sites (N-methyl/N-ethyl adjacent to an activating group) is 1. The molecule has 1 spiro atoms. The minimum Gasteiger partial charge on any atom is -0.323 e. The Morgan fingerprint density at radius 1 is 0.931 bits per heavy atom. The molecule has 1 amide bonds. The normalized spacial score (nSPS) is 21.9. The van der Waals surface area contributed by atoms with Crippen molar-refractivity contribution >= 4 is 49.7 Å². The lowest BCUT2D eigenvalue weighted by atomic mass is 9.82. The molecule has 0 bridgehead atoms. The second-order valence-electron chi connectivity index (χ2n) is 6.75. The number of amides is 1. The summed E-state index contributed by atoms with van der Waals surface area (Å²) in [6, 6.07) is 16.9. The number of halogens is 1. The summed E-state index contributed by atoms with van der Waals surface area (Å²) < 4.78 is 27.7. The third kappa shape index (κ3) is 2.91. The summed E-state index contributed by atoms with van der Waals surface area (Å²) in [4.78, 5) is 26.5. The predicted octanol–water partition coefficient (Wildman–Crippen LogP) is 3.54. The van der Waals surface area contributed by atoms with Crippen LogP contribution in [0.25, 0.3) is 5.57 Å². The van der Waals surface area contributed by atoms with Crippen LogP contribution in [0.3, 0.4) is 0 Å². The number of hydrogen-bond donors (Lipinski definition) is 0. The van der Waals surface area contributed by atoms with Gasteiger partial charge in [0.1, 0.15) is 10.4 Å². The topological polar surface area (TPSA) is 71.5 Å². The Morgan fingerprint density at radius 2 is 1.52 bits per heavy atom. The molecule has 4 rings (SSSR count). The fourth-order valence-corrected chi connectivity index (χ4v) is 6.50. The van der Waals surface area contributed by atoms with Crippen LogP contribution in [0.15, 0.2) is 92.3 Å².